The zero-order chi connectivity index (χ0) is 18.4. The summed E-state index contributed by atoms with van der Waals surface area (Å²) < 4.78 is 37.7. The molecule has 0 radical (unpaired) electrons. The highest BCUT2D eigenvalue weighted by Crippen LogP contribution is 2.13. The molecule has 0 atom stereocenters. The van der Waals surface area contributed by atoms with Gasteiger partial charge in [-0.05, 0) is 31.2 Å². The maximum absolute atomic E-state index is 13.4. The SMILES string of the molecule is Cc1ccc(S(=O)(=O)CCC(=O)NNC(=O)c2ccccc2F)cc1. The van der Waals surface area contributed by atoms with Gasteiger partial charge in [-0.2, -0.15) is 0 Å². The van der Waals surface area contributed by atoms with Gasteiger partial charge in [0, 0.05) is 6.42 Å². The molecular formula is C17H17FN2O4S. The molecule has 0 spiro atoms. The van der Waals surface area contributed by atoms with Crippen LogP contribution in [0.5, 0.6) is 0 Å². The molecule has 0 heterocycles. The van der Waals surface area contributed by atoms with Crippen LogP contribution in [0.25, 0.3) is 0 Å². The molecule has 2 N–H and O–H groups in total. The Morgan fingerprint density at radius 2 is 1.64 bits per heavy atom. The monoisotopic (exact) mass is 364 g/mol. The van der Waals surface area contributed by atoms with Crippen molar-refractivity contribution in [2.75, 3.05) is 5.75 Å². The third-order valence-electron chi connectivity index (χ3n) is 3.41. The van der Waals surface area contributed by atoms with Crippen molar-refractivity contribution in [3.63, 3.8) is 0 Å². The second-order valence-corrected chi connectivity index (χ2v) is 7.47. The van der Waals surface area contributed by atoms with E-state index in [-0.39, 0.29) is 16.9 Å². The molecule has 6 nitrogen and oxygen atoms in total. The van der Waals surface area contributed by atoms with Gasteiger partial charge in [0.1, 0.15) is 5.82 Å². The van der Waals surface area contributed by atoms with Crippen molar-refractivity contribution >= 4 is 21.7 Å². The van der Waals surface area contributed by atoms with E-state index < -0.39 is 33.2 Å². The topological polar surface area (TPSA) is 92.3 Å². The van der Waals surface area contributed by atoms with Crippen LogP contribution in [0.4, 0.5) is 4.39 Å². The number of benzene rings is 2. The lowest BCUT2D eigenvalue weighted by atomic mass is 10.2. The van der Waals surface area contributed by atoms with E-state index in [1.807, 2.05) is 12.3 Å². The zero-order valence-electron chi connectivity index (χ0n) is 13.5. The molecule has 0 fully saturated rings. The van der Waals surface area contributed by atoms with Crippen LogP contribution < -0.4 is 10.9 Å². The number of hydrogen-bond donors (Lipinski definition) is 2. The second kappa shape index (κ2) is 7.89. The summed E-state index contributed by atoms with van der Waals surface area (Å²) in [4.78, 5) is 23.6. The van der Waals surface area contributed by atoms with Crippen molar-refractivity contribution in [2.45, 2.75) is 18.2 Å². The molecule has 0 aliphatic carbocycles. The standard InChI is InChI=1S/C17H17FN2O4S/c1-12-6-8-13(9-7-12)25(23,24)11-10-16(21)19-20-17(22)14-4-2-3-5-15(14)18/h2-9H,10-11H2,1H3,(H,19,21)(H,20,22). The number of aryl methyl sites for hydroxylation is 1. The number of sulfone groups is 1. The maximum atomic E-state index is 13.4. The van der Waals surface area contributed by atoms with Crippen LogP contribution in [0.3, 0.4) is 0 Å². The largest absolute Gasteiger partial charge is 0.273 e. The fraction of sp³-hybridized carbons (Fsp3) is 0.176. The average molecular weight is 364 g/mol. The number of halogens is 1. The maximum Gasteiger partial charge on any atom is 0.272 e. The fourth-order valence-electron chi connectivity index (χ4n) is 1.99. The lowest BCUT2D eigenvalue weighted by Crippen LogP contribution is -2.42. The summed E-state index contributed by atoms with van der Waals surface area (Å²) in [5.41, 5.74) is 4.82. The number of amides is 2. The van der Waals surface area contributed by atoms with Gasteiger partial charge in [0.05, 0.1) is 16.2 Å². The Morgan fingerprint density at radius 1 is 1.00 bits per heavy atom. The van der Waals surface area contributed by atoms with Crippen molar-refractivity contribution in [3.05, 3.63) is 65.5 Å². The minimum absolute atomic E-state index is 0.126. The Bertz CT molecular complexity index is 880. The Kier molecular flexibility index (Phi) is 5.87. The van der Waals surface area contributed by atoms with E-state index in [4.69, 9.17) is 0 Å². The fourth-order valence-corrected chi connectivity index (χ4v) is 3.23. The predicted molar refractivity (Wildman–Crippen MR) is 89.9 cm³/mol. The van der Waals surface area contributed by atoms with Crippen LogP contribution in [0.1, 0.15) is 22.3 Å². The van der Waals surface area contributed by atoms with Gasteiger partial charge in [-0.1, -0.05) is 29.8 Å². The van der Waals surface area contributed by atoms with Crippen LogP contribution >= 0.6 is 0 Å². The molecule has 0 bridgehead atoms. The summed E-state index contributed by atoms with van der Waals surface area (Å²) in [5.74, 6) is -2.65. The van der Waals surface area contributed by atoms with Crippen molar-refractivity contribution < 1.29 is 22.4 Å². The minimum atomic E-state index is -3.60. The van der Waals surface area contributed by atoms with Gasteiger partial charge in [-0.3, -0.25) is 20.4 Å². The molecule has 0 unspecified atom stereocenters. The molecule has 0 aliphatic rings. The predicted octanol–water partition coefficient (Wildman–Crippen LogP) is 1.76. The molecular weight excluding hydrogens is 347 g/mol. The number of nitrogens with one attached hydrogen (secondary N) is 2. The normalized spacial score (nSPS) is 11.0. The number of hydrazine groups is 1. The van der Waals surface area contributed by atoms with E-state index in [1.54, 1.807) is 12.1 Å². The Hall–Kier alpha value is -2.74. The number of carbonyl (C=O) groups is 2. The van der Waals surface area contributed by atoms with Gasteiger partial charge in [-0.15, -0.1) is 0 Å². The van der Waals surface area contributed by atoms with Crippen molar-refractivity contribution in [1.82, 2.24) is 10.9 Å². The molecule has 0 saturated heterocycles. The van der Waals surface area contributed by atoms with Crippen molar-refractivity contribution in [3.8, 4) is 0 Å². The van der Waals surface area contributed by atoms with Gasteiger partial charge < -0.3 is 0 Å². The van der Waals surface area contributed by atoms with E-state index in [9.17, 15) is 22.4 Å². The van der Waals surface area contributed by atoms with Crippen LogP contribution in [0, 0.1) is 12.7 Å². The van der Waals surface area contributed by atoms with E-state index in [0.29, 0.717) is 0 Å². The Morgan fingerprint density at radius 3 is 2.28 bits per heavy atom. The van der Waals surface area contributed by atoms with E-state index in [0.717, 1.165) is 11.6 Å². The molecule has 132 valence electrons. The first-order valence-corrected chi connectivity index (χ1v) is 9.08. The molecule has 0 saturated carbocycles. The molecule has 0 aromatic heterocycles. The summed E-state index contributed by atoms with van der Waals surface area (Å²) in [6.45, 7) is 1.84. The summed E-state index contributed by atoms with van der Waals surface area (Å²) in [6.07, 6.45) is -0.340. The average Bonchev–Trinajstić information content (AvgIpc) is 2.59. The van der Waals surface area contributed by atoms with Gasteiger partial charge in [-0.25, -0.2) is 12.8 Å². The third-order valence-corrected chi connectivity index (χ3v) is 5.14. The zero-order valence-corrected chi connectivity index (χ0v) is 14.3. The molecule has 2 aromatic rings. The highest BCUT2D eigenvalue weighted by atomic mass is 32.2. The second-order valence-electron chi connectivity index (χ2n) is 5.36. The van der Waals surface area contributed by atoms with Crippen molar-refractivity contribution in [1.29, 1.82) is 0 Å². The van der Waals surface area contributed by atoms with E-state index in [1.165, 1.54) is 30.3 Å². The van der Waals surface area contributed by atoms with Crippen LogP contribution in [0.15, 0.2) is 53.4 Å². The van der Waals surface area contributed by atoms with Gasteiger partial charge >= 0.3 is 0 Å². The van der Waals surface area contributed by atoms with Crippen LogP contribution in [-0.2, 0) is 14.6 Å². The summed E-state index contributed by atoms with van der Waals surface area (Å²) in [6, 6.07) is 11.6. The minimum Gasteiger partial charge on any atom is -0.273 e. The van der Waals surface area contributed by atoms with Crippen LogP contribution in [-0.4, -0.2) is 26.0 Å². The highest BCUT2D eigenvalue weighted by molar-refractivity contribution is 7.91. The first-order chi connectivity index (χ1) is 11.8. The molecule has 2 aromatic carbocycles. The third kappa shape index (κ3) is 5.12. The van der Waals surface area contributed by atoms with Gasteiger partial charge in [0.15, 0.2) is 9.84 Å². The molecule has 0 aliphatic heterocycles. The smallest absolute Gasteiger partial charge is 0.272 e. The summed E-state index contributed by atoms with van der Waals surface area (Å²) in [7, 11) is -3.60. The molecule has 25 heavy (non-hydrogen) atoms. The first kappa shape index (κ1) is 18.6. The Balaban J connectivity index is 1.87. The van der Waals surface area contributed by atoms with E-state index in [2.05, 4.69) is 5.43 Å². The Labute approximate surface area is 144 Å². The number of rotatable bonds is 5. The molecule has 2 rings (SSSR count). The quantitative estimate of drug-likeness (QED) is 0.791. The number of hydrogen-bond acceptors (Lipinski definition) is 4. The summed E-state index contributed by atoms with van der Waals surface area (Å²) in [5, 5.41) is 0. The molecule has 8 heteroatoms. The lowest BCUT2D eigenvalue weighted by Gasteiger charge is -2.08. The molecule has 2 amide bonds. The number of carbonyl (C=O) groups excluding carboxylic acids is 2. The lowest BCUT2D eigenvalue weighted by molar-refractivity contribution is -0.121. The van der Waals surface area contributed by atoms with E-state index >= 15 is 0 Å². The highest BCUT2D eigenvalue weighted by Gasteiger charge is 2.17. The van der Waals surface area contributed by atoms with Crippen LogP contribution in [0.2, 0.25) is 0 Å². The van der Waals surface area contributed by atoms with Gasteiger partial charge in [0.25, 0.3) is 5.91 Å². The first-order valence-electron chi connectivity index (χ1n) is 7.43. The van der Waals surface area contributed by atoms with Crippen molar-refractivity contribution in [2.24, 2.45) is 0 Å². The van der Waals surface area contributed by atoms with Gasteiger partial charge in [0.2, 0.25) is 5.91 Å². The summed E-state index contributed by atoms with van der Waals surface area (Å²) >= 11 is 0.